The van der Waals surface area contributed by atoms with Gasteiger partial charge in [0.05, 0.1) is 0 Å². The van der Waals surface area contributed by atoms with Gasteiger partial charge in [-0.05, 0) is 24.1 Å². The first-order valence-electron chi connectivity index (χ1n) is 6.75. The Bertz CT molecular complexity index is 563. The number of hydrogen-bond acceptors (Lipinski definition) is 3. The molecule has 0 saturated carbocycles. The van der Waals surface area contributed by atoms with Crippen LogP contribution in [-0.4, -0.2) is 42.0 Å². The van der Waals surface area contributed by atoms with Crippen molar-refractivity contribution in [3.05, 3.63) is 35.4 Å². The predicted molar refractivity (Wildman–Crippen MR) is 80.1 cm³/mol. The maximum Gasteiger partial charge on any atom is 0.406 e. The number of likely N-dealkylation sites (tertiary alicyclic amines) is 1. The molecule has 128 valence electrons. The third-order valence-corrected chi connectivity index (χ3v) is 3.42. The summed E-state index contributed by atoms with van der Waals surface area (Å²) in [6.45, 7) is -0.964. The Morgan fingerprint density at radius 2 is 1.91 bits per heavy atom. The molecule has 9 heteroatoms. The summed E-state index contributed by atoms with van der Waals surface area (Å²) in [6, 6.07) is 5.57. The van der Waals surface area contributed by atoms with E-state index in [1.165, 1.54) is 0 Å². The monoisotopic (exact) mass is 351 g/mol. The van der Waals surface area contributed by atoms with Crippen LogP contribution in [0.2, 0.25) is 0 Å². The van der Waals surface area contributed by atoms with E-state index in [0.29, 0.717) is 17.0 Å². The summed E-state index contributed by atoms with van der Waals surface area (Å²) in [5, 5.41) is 2.47. The number of nitrogens with two attached hydrogens (primary N) is 1. The fourth-order valence-corrected chi connectivity index (χ4v) is 2.28. The van der Waals surface area contributed by atoms with Crippen LogP contribution in [0.4, 0.5) is 13.2 Å². The number of alkyl halides is 3. The van der Waals surface area contributed by atoms with E-state index in [1.807, 2.05) is 0 Å². The molecule has 1 aromatic carbocycles. The van der Waals surface area contributed by atoms with Crippen LogP contribution in [0.15, 0.2) is 24.3 Å². The van der Waals surface area contributed by atoms with Gasteiger partial charge in [-0.15, -0.1) is 12.4 Å². The lowest BCUT2D eigenvalue weighted by Gasteiger charge is -2.18. The summed E-state index contributed by atoms with van der Waals surface area (Å²) in [6.07, 6.45) is -4.27. The van der Waals surface area contributed by atoms with Gasteiger partial charge < -0.3 is 16.0 Å². The van der Waals surface area contributed by atoms with Crippen LogP contribution in [-0.2, 0) is 11.3 Å². The fourth-order valence-electron chi connectivity index (χ4n) is 2.28. The third kappa shape index (κ3) is 5.11. The molecule has 3 N–H and O–H groups in total. The van der Waals surface area contributed by atoms with Crippen LogP contribution in [0.5, 0.6) is 0 Å². The highest BCUT2D eigenvalue weighted by atomic mass is 35.5. The van der Waals surface area contributed by atoms with Gasteiger partial charge in [0, 0.05) is 18.7 Å². The number of rotatable bonds is 4. The Morgan fingerprint density at radius 1 is 1.30 bits per heavy atom. The molecule has 5 nitrogen and oxygen atoms in total. The second kappa shape index (κ2) is 7.65. The van der Waals surface area contributed by atoms with Crippen molar-refractivity contribution in [2.45, 2.75) is 25.2 Å². The molecule has 1 aliphatic heterocycles. The second-order valence-electron chi connectivity index (χ2n) is 5.09. The molecular weight excluding hydrogens is 335 g/mol. The number of carbonyl (C=O) groups is 2. The molecule has 1 aliphatic rings. The summed E-state index contributed by atoms with van der Waals surface area (Å²) in [5.74, 6) is -1.19. The van der Waals surface area contributed by atoms with Gasteiger partial charge in [0.25, 0.3) is 5.91 Å². The smallest absolute Gasteiger partial charge is 0.340 e. The molecule has 1 atom stereocenters. The Hall–Kier alpha value is -1.80. The van der Waals surface area contributed by atoms with Crippen LogP contribution in [0.3, 0.4) is 0 Å². The summed E-state index contributed by atoms with van der Waals surface area (Å²) in [4.78, 5) is 24.6. The van der Waals surface area contributed by atoms with E-state index < -0.39 is 30.6 Å². The molecule has 1 fully saturated rings. The number of halogens is 4. The highest BCUT2D eigenvalue weighted by molar-refractivity contribution is 5.98. The first kappa shape index (κ1) is 19.2. The minimum Gasteiger partial charge on any atom is -0.340 e. The third-order valence-electron chi connectivity index (χ3n) is 3.42. The zero-order valence-electron chi connectivity index (χ0n) is 12.1. The van der Waals surface area contributed by atoms with Gasteiger partial charge in [-0.1, -0.05) is 12.1 Å². The van der Waals surface area contributed by atoms with Crippen LogP contribution in [0, 0.1) is 0 Å². The minimum atomic E-state index is -4.44. The average Bonchev–Trinajstić information content (AvgIpc) is 2.78. The standard InChI is InChI=1S/C14H16F3N3O2.ClH/c15-14(16,17)8-20-6-5-11(13(20)22)19-12(21)10-3-1-9(7-18)2-4-10;/h1-4,11H,5-8,18H2,(H,19,21);1H. The summed E-state index contributed by atoms with van der Waals surface area (Å²) < 4.78 is 36.9. The van der Waals surface area contributed by atoms with Gasteiger partial charge in [0.15, 0.2) is 0 Å². The van der Waals surface area contributed by atoms with Crippen molar-refractivity contribution in [1.29, 1.82) is 0 Å². The first-order chi connectivity index (χ1) is 10.3. The van der Waals surface area contributed by atoms with Crippen molar-refractivity contribution in [3.8, 4) is 0 Å². The number of nitrogens with one attached hydrogen (secondary N) is 1. The number of nitrogens with zero attached hydrogens (tertiary/aromatic N) is 1. The van der Waals surface area contributed by atoms with Crippen LogP contribution >= 0.6 is 12.4 Å². The topological polar surface area (TPSA) is 75.4 Å². The average molecular weight is 352 g/mol. The lowest BCUT2D eigenvalue weighted by molar-refractivity contribution is -0.157. The molecule has 23 heavy (non-hydrogen) atoms. The number of carbonyl (C=O) groups excluding carboxylic acids is 2. The fraction of sp³-hybridized carbons (Fsp3) is 0.429. The normalized spacial score (nSPS) is 17.8. The molecule has 0 radical (unpaired) electrons. The Morgan fingerprint density at radius 3 is 2.43 bits per heavy atom. The molecule has 0 aromatic heterocycles. The van der Waals surface area contributed by atoms with Crippen molar-refractivity contribution in [3.63, 3.8) is 0 Å². The number of benzene rings is 1. The highest BCUT2D eigenvalue weighted by Crippen LogP contribution is 2.21. The van der Waals surface area contributed by atoms with Crippen LogP contribution < -0.4 is 11.1 Å². The second-order valence-corrected chi connectivity index (χ2v) is 5.09. The summed E-state index contributed by atoms with van der Waals surface area (Å²) in [5.41, 5.74) is 6.63. The first-order valence-corrected chi connectivity index (χ1v) is 6.75. The van der Waals surface area contributed by atoms with Gasteiger partial charge in [-0.3, -0.25) is 9.59 Å². The summed E-state index contributed by atoms with van der Waals surface area (Å²) >= 11 is 0. The van der Waals surface area contributed by atoms with Crippen molar-refractivity contribution >= 4 is 24.2 Å². The Kier molecular flexibility index (Phi) is 6.40. The SMILES string of the molecule is Cl.NCc1ccc(C(=O)NC2CCN(CC(F)(F)F)C2=O)cc1. The van der Waals surface area contributed by atoms with Crippen molar-refractivity contribution in [2.24, 2.45) is 5.73 Å². The number of hydrogen-bond donors (Lipinski definition) is 2. The van der Waals surface area contributed by atoms with Gasteiger partial charge in [0.2, 0.25) is 5.91 Å². The van der Waals surface area contributed by atoms with Crippen molar-refractivity contribution in [1.82, 2.24) is 10.2 Å². The maximum absolute atomic E-state index is 12.3. The molecule has 1 unspecified atom stereocenters. The predicted octanol–water partition coefficient (Wildman–Crippen LogP) is 1.46. The maximum atomic E-state index is 12.3. The minimum absolute atomic E-state index is 0. The van der Waals surface area contributed by atoms with Gasteiger partial charge in [-0.25, -0.2) is 0 Å². The van der Waals surface area contributed by atoms with Crippen LogP contribution in [0.1, 0.15) is 22.3 Å². The molecule has 0 aliphatic carbocycles. The van der Waals surface area contributed by atoms with Crippen LogP contribution in [0.25, 0.3) is 0 Å². The molecule has 2 rings (SSSR count). The largest absolute Gasteiger partial charge is 0.406 e. The molecular formula is C14H17ClF3N3O2. The van der Waals surface area contributed by atoms with E-state index >= 15 is 0 Å². The van der Waals surface area contributed by atoms with Gasteiger partial charge >= 0.3 is 6.18 Å². The molecule has 1 aromatic rings. The van der Waals surface area contributed by atoms with E-state index in [1.54, 1.807) is 24.3 Å². The van der Waals surface area contributed by atoms with E-state index in [0.717, 1.165) is 5.56 Å². The highest BCUT2D eigenvalue weighted by Gasteiger charge is 2.39. The Balaban J connectivity index is 0.00000264. The lowest BCUT2D eigenvalue weighted by Crippen LogP contribution is -2.43. The lowest BCUT2D eigenvalue weighted by atomic mass is 10.1. The molecule has 1 saturated heterocycles. The molecule has 0 spiro atoms. The quantitative estimate of drug-likeness (QED) is 0.862. The Labute approximate surface area is 137 Å². The molecule has 2 amide bonds. The molecule has 0 bridgehead atoms. The van der Waals surface area contributed by atoms with E-state index in [9.17, 15) is 22.8 Å². The van der Waals surface area contributed by atoms with Crippen molar-refractivity contribution < 1.29 is 22.8 Å². The zero-order chi connectivity index (χ0) is 16.3. The summed E-state index contributed by atoms with van der Waals surface area (Å²) in [7, 11) is 0. The molecule has 1 heterocycles. The van der Waals surface area contributed by atoms with E-state index in [2.05, 4.69) is 5.32 Å². The van der Waals surface area contributed by atoms with Crippen molar-refractivity contribution in [2.75, 3.05) is 13.1 Å². The van der Waals surface area contributed by atoms with E-state index in [4.69, 9.17) is 5.73 Å². The number of amides is 2. The zero-order valence-corrected chi connectivity index (χ0v) is 12.9. The van der Waals surface area contributed by atoms with Gasteiger partial charge in [0.1, 0.15) is 12.6 Å². The van der Waals surface area contributed by atoms with Gasteiger partial charge in [-0.2, -0.15) is 13.2 Å². The van der Waals surface area contributed by atoms with E-state index in [-0.39, 0.29) is 25.4 Å².